The number of nitrogens with two attached hydrogens (primary N) is 1. The Morgan fingerprint density at radius 3 is 3.07 bits per heavy atom. The van der Waals surface area contributed by atoms with Crippen molar-refractivity contribution < 1.29 is 4.74 Å². The Bertz CT molecular complexity index is 297. The molecule has 2 N–H and O–H groups in total. The highest BCUT2D eigenvalue weighted by Crippen LogP contribution is 2.36. The normalized spacial score (nSPS) is 27.9. The monoisotopic (exact) mass is 211 g/mol. The van der Waals surface area contributed by atoms with Crippen molar-refractivity contribution in [2.75, 3.05) is 13.2 Å². The lowest BCUT2D eigenvalue weighted by Crippen LogP contribution is -2.28. The predicted molar refractivity (Wildman–Crippen MR) is 59.5 cm³/mol. The number of hydrogen-bond donors (Lipinski definition) is 1. The molecule has 0 saturated carbocycles. The van der Waals surface area contributed by atoms with Crippen molar-refractivity contribution in [3.05, 3.63) is 21.9 Å². The van der Waals surface area contributed by atoms with E-state index in [1.165, 1.54) is 16.2 Å². The van der Waals surface area contributed by atoms with E-state index >= 15 is 0 Å². The second kappa shape index (κ2) is 4.43. The lowest BCUT2D eigenvalue weighted by molar-refractivity contribution is -0.0229. The summed E-state index contributed by atoms with van der Waals surface area (Å²) in [5.74, 6) is 0.516. The van der Waals surface area contributed by atoms with Crippen molar-refractivity contribution in [1.29, 1.82) is 0 Å². The zero-order valence-electron chi connectivity index (χ0n) is 8.53. The molecule has 1 aromatic heterocycles. The molecule has 0 bridgehead atoms. The van der Waals surface area contributed by atoms with Crippen LogP contribution in [0.3, 0.4) is 0 Å². The second-order valence-electron chi connectivity index (χ2n) is 3.88. The first-order chi connectivity index (χ1) is 6.81. The van der Waals surface area contributed by atoms with E-state index in [2.05, 4.69) is 19.1 Å². The minimum atomic E-state index is 0.257. The number of aryl methyl sites for hydroxylation is 1. The molecule has 1 aromatic rings. The van der Waals surface area contributed by atoms with Crippen molar-refractivity contribution in [3.63, 3.8) is 0 Å². The molecule has 2 rings (SSSR count). The molecule has 1 aliphatic rings. The summed E-state index contributed by atoms with van der Waals surface area (Å²) in [6.45, 7) is 3.76. The zero-order chi connectivity index (χ0) is 9.97. The van der Waals surface area contributed by atoms with Gasteiger partial charge in [0.15, 0.2) is 0 Å². The molecule has 0 radical (unpaired) electrons. The fourth-order valence-corrected chi connectivity index (χ4v) is 3.03. The maximum absolute atomic E-state index is 5.81. The largest absolute Gasteiger partial charge is 0.372 e. The van der Waals surface area contributed by atoms with E-state index in [1.54, 1.807) is 0 Å². The number of rotatable bonds is 2. The van der Waals surface area contributed by atoms with Crippen LogP contribution < -0.4 is 5.73 Å². The van der Waals surface area contributed by atoms with E-state index in [4.69, 9.17) is 10.5 Å². The molecular formula is C11H17NOS. The van der Waals surface area contributed by atoms with Gasteiger partial charge in [-0.3, -0.25) is 0 Å². The Balaban J connectivity index is 2.14. The Morgan fingerprint density at radius 2 is 2.43 bits per heavy atom. The average molecular weight is 211 g/mol. The highest BCUT2D eigenvalue weighted by molar-refractivity contribution is 7.12. The molecule has 1 saturated heterocycles. The van der Waals surface area contributed by atoms with Crippen molar-refractivity contribution in [3.8, 4) is 0 Å². The van der Waals surface area contributed by atoms with Crippen LogP contribution >= 0.6 is 11.3 Å². The predicted octanol–water partition coefficient (Wildman–Crippen LogP) is 2.48. The van der Waals surface area contributed by atoms with Gasteiger partial charge in [-0.1, -0.05) is 0 Å². The summed E-state index contributed by atoms with van der Waals surface area (Å²) in [6, 6.07) is 4.34. The Morgan fingerprint density at radius 1 is 1.57 bits per heavy atom. The minimum absolute atomic E-state index is 0.257. The van der Waals surface area contributed by atoms with Crippen LogP contribution in [0.1, 0.15) is 28.7 Å². The maximum atomic E-state index is 5.81. The molecule has 1 fully saturated rings. The van der Waals surface area contributed by atoms with Crippen LogP contribution in [0.15, 0.2) is 12.1 Å². The summed E-state index contributed by atoms with van der Waals surface area (Å²) in [5.41, 5.74) is 5.76. The third-order valence-corrected chi connectivity index (χ3v) is 3.85. The van der Waals surface area contributed by atoms with E-state index in [0.29, 0.717) is 5.92 Å². The number of hydrogen-bond acceptors (Lipinski definition) is 3. The van der Waals surface area contributed by atoms with Crippen molar-refractivity contribution in [2.45, 2.75) is 25.9 Å². The summed E-state index contributed by atoms with van der Waals surface area (Å²) < 4.78 is 5.81. The summed E-state index contributed by atoms with van der Waals surface area (Å²) in [7, 11) is 0. The summed E-state index contributed by atoms with van der Waals surface area (Å²) in [6.07, 6.45) is 2.62. The average Bonchev–Trinajstić information content (AvgIpc) is 2.65. The molecule has 2 unspecified atom stereocenters. The molecule has 3 heteroatoms. The first kappa shape index (κ1) is 10.1. The third-order valence-electron chi connectivity index (χ3n) is 2.79. The van der Waals surface area contributed by atoms with Crippen LogP contribution in [0.4, 0.5) is 0 Å². The van der Waals surface area contributed by atoms with Crippen molar-refractivity contribution in [2.24, 2.45) is 11.7 Å². The summed E-state index contributed by atoms with van der Waals surface area (Å²) >= 11 is 1.83. The molecule has 78 valence electrons. The number of thiophene rings is 1. The zero-order valence-corrected chi connectivity index (χ0v) is 9.35. The van der Waals surface area contributed by atoms with E-state index in [9.17, 15) is 0 Å². The Hall–Kier alpha value is -0.380. The summed E-state index contributed by atoms with van der Waals surface area (Å²) in [4.78, 5) is 2.70. The quantitative estimate of drug-likeness (QED) is 0.815. The molecule has 1 aliphatic heterocycles. The first-order valence-corrected chi connectivity index (χ1v) is 6.01. The van der Waals surface area contributed by atoms with Gasteiger partial charge in [0, 0.05) is 22.3 Å². The van der Waals surface area contributed by atoms with Crippen LogP contribution in [0, 0.1) is 12.8 Å². The van der Waals surface area contributed by atoms with Crippen LogP contribution in [0.5, 0.6) is 0 Å². The van der Waals surface area contributed by atoms with Gasteiger partial charge >= 0.3 is 0 Å². The van der Waals surface area contributed by atoms with Gasteiger partial charge in [-0.25, -0.2) is 0 Å². The first-order valence-electron chi connectivity index (χ1n) is 5.19. The highest BCUT2D eigenvalue weighted by Gasteiger charge is 2.27. The van der Waals surface area contributed by atoms with Gasteiger partial charge in [-0.2, -0.15) is 0 Å². The second-order valence-corrected chi connectivity index (χ2v) is 5.20. The van der Waals surface area contributed by atoms with Crippen LogP contribution in [0.2, 0.25) is 0 Å². The van der Waals surface area contributed by atoms with E-state index in [-0.39, 0.29) is 6.10 Å². The highest BCUT2D eigenvalue weighted by atomic mass is 32.1. The van der Waals surface area contributed by atoms with Gasteiger partial charge in [0.05, 0.1) is 6.10 Å². The lowest BCUT2D eigenvalue weighted by atomic mass is 9.93. The molecule has 0 amide bonds. The van der Waals surface area contributed by atoms with Gasteiger partial charge < -0.3 is 10.5 Å². The van der Waals surface area contributed by atoms with Gasteiger partial charge in [-0.05, 0) is 38.4 Å². The fourth-order valence-electron chi connectivity index (χ4n) is 2.01. The van der Waals surface area contributed by atoms with Crippen LogP contribution in [-0.4, -0.2) is 13.2 Å². The molecule has 2 atom stereocenters. The van der Waals surface area contributed by atoms with Gasteiger partial charge in [0.25, 0.3) is 0 Å². The van der Waals surface area contributed by atoms with Crippen LogP contribution in [0.25, 0.3) is 0 Å². The molecule has 0 aliphatic carbocycles. The standard InChI is InChI=1S/C11H17NOS/c1-8-4-5-10(14-8)11-9(7-12)3-2-6-13-11/h4-5,9,11H,2-3,6-7,12H2,1H3. The van der Waals surface area contributed by atoms with Gasteiger partial charge in [0.1, 0.15) is 0 Å². The molecule has 0 aromatic carbocycles. The minimum Gasteiger partial charge on any atom is -0.372 e. The van der Waals surface area contributed by atoms with Gasteiger partial charge in [0.2, 0.25) is 0 Å². The van der Waals surface area contributed by atoms with Gasteiger partial charge in [-0.15, -0.1) is 11.3 Å². The topological polar surface area (TPSA) is 35.2 Å². The SMILES string of the molecule is Cc1ccc(C2OCCCC2CN)s1. The summed E-state index contributed by atoms with van der Waals surface area (Å²) in [5, 5.41) is 0. The van der Waals surface area contributed by atoms with Crippen LogP contribution in [-0.2, 0) is 4.74 Å². The Kier molecular flexibility index (Phi) is 3.21. The van der Waals surface area contributed by atoms with E-state index < -0.39 is 0 Å². The number of ether oxygens (including phenoxy) is 1. The Labute approximate surface area is 89.1 Å². The smallest absolute Gasteiger partial charge is 0.0956 e. The maximum Gasteiger partial charge on any atom is 0.0956 e. The molecule has 14 heavy (non-hydrogen) atoms. The van der Waals surface area contributed by atoms with E-state index in [0.717, 1.165) is 19.6 Å². The van der Waals surface area contributed by atoms with Crippen molar-refractivity contribution in [1.82, 2.24) is 0 Å². The molecule has 2 nitrogen and oxygen atoms in total. The van der Waals surface area contributed by atoms with Crippen molar-refractivity contribution >= 4 is 11.3 Å². The fraction of sp³-hybridized carbons (Fsp3) is 0.636. The van der Waals surface area contributed by atoms with E-state index in [1.807, 2.05) is 11.3 Å². The lowest BCUT2D eigenvalue weighted by Gasteiger charge is -2.30. The molecule has 0 spiro atoms. The molecule has 2 heterocycles. The third kappa shape index (κ3) is 2.00. The molecular weight excluding hydrogens is 194 g/mol.